The molecule has 0 bridgehead atoms. The van der Waals surface area contributed by atoms with Crippen molar-refractivity contribution in [3.63, 3.8) is 0 Å². The third kappa shape index (κ3) is 8.32. The number of hydrogen-bond acceptors (Lipinski definition) is 6. The summed E-state index contributed by atoms with van der Waals surface area (Å²) in [5.41, 5.74) is 1.06. The van der Waals surface area contributed by atoms with Crippen molar-refractivity contribution in [2.24, 2.45) is 5.92 Å². The van der Waals surface area contributed by atoms with Crippen molar-refractivity contribution in [2.45, 2.75) is 76.8 Å². The molecule has 240 valence electrons. The van der Waals surface area contributed by atoms with E-state index in [1.165, 1.54) is 19.2 Å². The Balaban J connectivity index is 1.69. The van der Waals surface area contributed by atoms with E-state index in [2.05, 4.69) is 5.32 Å². The van der Waals surface area contributed by atoms with Crippen LogP contribution >= 0.6 is 0 Å². The van der Waals surface area contributed by atoms with Gasteiger partial charge < -0.3 is 29.9 Å². The Labute approximate surface area is 255 Å². The summed E-state index contributed by atoms with van der Waals surface area (Å²) < 4.78 is 51.7. The van der Waals surface area contributed by atoms with Gasteiger partial charge >= 0.3 is 6.18 Å². The Morgan fingerprint density at radius 3 is 2.39 bits per heavy atom. The molecule has 2 aliphatic carbocycles. The second-order valence-corrected chi connectivity index (χ2v) is 11.6. The summed E-state index contributed by atoms with van der Waals surface area (Å²) in [5.74, 6) is 0.292. The number of alkyl halides is 3. The first-order valence-electron chi connectivity index (χ1n) is 15.1. The second-order valence-electron chi connectivity index (χ2n) is 11.6. The molecule has 0 radical (unpaired) electrons. The molecule has 0 aromatic heterocycles. The number of carbonyl (C=O) groups excluding carboxylic acids is 2. The van der Waals surface area contributed by atoms with Gasteiger partial charge in [-0.1, -0.05) is 19.3 Å². The largest absolute Gasteiger partial charge is 0.493 e. The van der Waals surface area contributed by atoms with Crippen LogP contribution in [0.5, 0.6) is 11.5 Å². The number of aliphatic hydroxyl groups excluding tert-OH is 2. The van der Waals surface area contributed by atoms with Crippen LogP contribution in [0.15, 0.2) is 48.0 Å². The van der Waals surface area contributed by atoms with Crippen molar-refractivity contribution in [1.29, 1.82) is 0 Å². The third-order valence-corrected chi connectivity index (χ3v) is 8.35. The lowest BCUT2D eigenvalue weighted by Crippen LogP contribution is -2.48. The molecule has 3 N–H and O–H groups in total. The maximum atomic E-state index is 14.0. The van der Waals surface area contributed by atoms with Crippen LogP contribution in [0.2, 0.25) is 0 Å². The smallest absolute Gasteiger partial charge is 0.416 e. The maximum absolute atomic E-state index is 14.0. The number of benzene rings is 2. The van der Waals surface area contributed by atoms with Gasteiger partial charge in [0.2, 0.25) is 5.91 Å². The number of aliphatic hydroxyl groups is 2. The Bertz CT molecular complexity index is 1320. The number of ether oxygens (including phenoxy) is 2. The van der Waals surface area contributed by atoms with Crippen molar-refractivity contribution in [3.05, 3.63) is 70.3 Å². The zero-order valence-corrected chi connectivity index (χ0v) is 25.2. The van der Waals surface area contributed by atoms with Gasteiger partial charge in [0.05, 0.1) is 25.9 Å². The minimum atomic E-state index is -4.52. The third-order valence-electron chi connectivity index (χ3n) is 8.35. The molecule has 0 heterocycles. The number of carbonyl (C=O) groups is 2. The Hall–Kier alpha value is -3.57. The number of rotatable bonds is 11. The minimum absolute atomic E-state index is 0.0538. The molecule has 0 spiro atoms. The molecule has 0 saturated heterocycles. The Morgan fingerprint density at radius 2 is 1.77 bits per heavy atom. The van der Waals surface area contributed by atoms with Gasteiger partial charge in [-0.25, -0.2) is 0 Å². The first-order chi connectivity index (χ1) is 21.0. The molecule has 8 nitrogen and oxygen atoms in total. The Morgan fingerprint density at radius 1 is 1.07 bits per heavy atom. The molecule has 1 saturated carbocycles. The molecule has 2 unspecified atom stereocenters. The molecule has 2 aliphatic rings. The van der Waals surface area contributed by atoms with Crippen LogP contribution in [0.1, 0.15) is 72.0 Å². The average Bonchev–Trinajstić information content (AvgIpc) is 3.02. The molecule has 2 atom stereocenters. The fourth-order valence-corrected chi connectivity index (χ4v) is 6.11. The predicted octanol–water partition coefficient (Wildman–Crippen LogP) is 5.18. The van der Waals surface area contributed by atoms with Crippen LogP contribution < -0.4 is 14.8 Å². The predicted molar refractivity (Wildman–Crippen MR) is 158 cm³/mol. The van der Waals surface area contributed by atoms with Crippen LogP contribution in [0, 0.1) is 12.8 Å². The fraction of sp³-hybridized carbons (Fsp3) is 0.515. The van der Waals surface area contributed by atoms with Gasteiger partial charge in [0.1, 0.15) is 6.10 Å². The van der Waals surface area contributed by atoms with Gasteiger partial charge in [-0.3, -0.25) is 9.59 Å². The highest BCUT2D eigenvalue weighted by atomic mass is 19.4. The molecular formula is C33H41F3N2O6. The minimum Gasteiger partial charge on any atom is -0.493 e. The van der Waals surface area contributed by atoms with Gasteiger partial charge in [-0.05, 0) is 85.7 Å². The number of hydrogen-bond donors (Lipinski definition) is 3. The molecule has 44 heavy (non-hydrogen) atoms. The van der Waals surface area contributed by atoms with Gasteiger partial charge in [0.15, 0.2) is 11.5 Å². The summed E-state index contributed by atoms with van der Waals surface area (Å²) in [6.07, 6.45) is 2.18. The number of amides is 2. The number of halogens is 3. The van der Waals surface area contributed by atoms with Crippen LogP contribution in [-0.4, -0.2) is 65.9 Å². The lowest BCUT2D eigenvalue weighted by atomic mass is 9.86. The zero-order valence-electron chi connectivity index (χ0n) is 25.2. The van der Waals surface area contributed by atoms with E-state index < -0.39 is 35.7 Å². The quantitative estimate of drug-likeness (QED) is 0.320. The molecule has 4 rings (SSSR count). The van der Waals surface area contributed by atoms with Gasteiger partial charge in [0, 0.05) is 36.7 Å². The van der Waals surface area contributed by atoms with E-state index in [1.807, 2.05) is 6.92 Å². The summed E-state index contributed by atoms with van der Waals surface area (Å²) in [6, 6.07) is 7.20. The van der Waals surface area contributed by atoms with Crippen LogP contribution in [0.3, 0.4) is 0 Å². The standard InChI is InChI=1S/C33H41F3N2O6/c1-21-14-23(20-40)15-29(43-2)30(21)44-28-17-25(31(41)37-12-13-39)16-27(18-28)38(19-22-6-4-3-5-7-22)32(42)24-8-10-26(11-9-24)33(34,35)36/h8-11,14-15,17,22,27-28,39-40H,3-7,12-13,16,18-20H2,1-2H3,(H,37,41). The van der Waals surface area contributed by atoms with Crippen molar-refractivity contribution in [2.75, 3.05) is 26.8 Å². The van der Waals surface area contributed by atoms with Crippen molar-refractivity contribution < 1.29 is 42.4 Å². The highest BCUT2D eigenvalue weighted by molar-refractivity contribution is 5.96. The summed E-state index contributed by atoms with van der Waals surface area (Å²) in [7, 11) is 1.49. The average molecular weight is 619 g/mol. The van der Waals surface area contributed by atoms with Crippen LogP contribution in [0.25, 0.3) is 0 Å². The number of aryl methyl sites for hydroxylation is 1. The van der Waals surface area contributed by atoms with Crippen LogP contribution in [-0.2, 0) is 17.6 Å². The highest BCUT2D eigenvalue weighted by Gasteiger charge is 2.36. The van der Waals surface area contributed by atoms with E-state index in [1.54, 1.807) is 23.1 Å². The lowest BCUT2D eigenvalue weighted by Gasteiger charge is -2.39. The highest BCUT2D eigenvalue weighted by Crippen LogP contribution is 2.37. The van der Waals surface area contributed by atoms with Crippen molar-refractivity contribution >= 4 is 11.8 Å². The Kier molecular flexibility index (Phi) is 11.3. The number of nitrogens with one attached hydrogen (secondary N) is 1. The first kappa shape index (κ1) is 33.3. The molecule has 0 aliphatic heterocycles. The fourth-order valence-electron chi connectivity index (χ4n) is 6.11. The number of nitrogens with zero attached hydrogens (tertiary/aromatic N) is 1. The number of methoxy groups -OCH3 is 1. The van der Waals surface area contributed by atoms with Gasteiger partial charge in [0.25, 0.3) is 5.91 Å². The summed E-state index contributed by atoms with van der Waals surface area (Å²) in [4.78, 5) is 28.9. The van der Waals surface area contributed by atoms with Gasteiger partial charge in [-0.15, -0.1) is 0 Å². The van der Waals surface area contributed by atoms with E-state index in [0.717, 1.165) is 49.8 Å². The second kappa shape index (κ2) is 14.9. The zero-order chi connectivity index (χ0) is 31.9. The van der Waals surface area contributed by atoms with E-state index in [9.17, 15) is 33.0 Å². The molecule has 2 aromatic carbocycles. The first-order valence-corrected chi connectivity index (χ1v) is 15.1. The van der Waals surface area contributed by atoms with E-state index >= 15 is 0 Å². The lowest BCUT2D eigenvalue weighted by molar-refractivity contribution is -0.137. The summed E-state index contributed by atoms with van der Waals surface area (Å²) in [5, 5.41) is 21.6. The SMILES string of the molecule is COc1cc(CO)cc(C)c1OC1C=C(C(=O)NCCO)CC(N(CC2CCCCC2)C(=O)c2ccc(C(F)(F)F)cc2)C1. The molecule has 2 aromatic rings. The van der Waals surface area contributed by atoms with Crippen molar-refractivity contribution in [1.82, 2.24) is 10.2 Å². The van der Waals surface area contributed by atoms with Crippen molar-refractivity contribution in [3.8, 4) is 11.5 Å². The molecular weight excluding hydrogens is 577 g/mol. The summed E-state index contributed by atoms with van der Waals surface area (Å²) in [6.45, 7) is 1.87. The molecule has 11 heteroatoms. The molecule has 2 amide bonds. The molecule has 1 fully saturated rings. The van der Waals surface area contributed by atoms with E-state index in [-0.39, 0.29) is 37.7 Å². The van der Waals surface area contributed by atoms with Crippen LogP contribution in [0.4, 0.5) is 13.2 Å². The normalized spacial score (nSPS) is 19.2. The maximum Gasteiger partial charge on any atom is 0.416 e. The van der Waals surface area contributed by atoms with E-state index in [0.29, 0.717) is 35.6 Å². The summed E-state index contributed by atoms with van der Waals surface area (Å²) >= 11 is 0. The monoisotopic (exact) mass is 618 g/mol. The topological polar surface area (TPSA) is 108 Å². The van der Waals surface area contributed by atoms with Gasteiger partial charge in [-0.2, -0.15) is 13.2 Å². The van der Waals surface area contributed by atoms with E-state index in [4.69, 9.17) is 9.47 Å².